The number of hydrogen-bond acceptors (Lipinski definition) is 5. The number of carbonyl (C=O) groups excluding carboxylic acids is 1. The molecule has 1 amide bonds. The first-order valence-corrected chi connectivity index (χ1v) is 11.2. The Balaban J connectivity index is 2.55. The van der Waals surface area contributed by atoms with E-state index in [-0.39, 0.29) is 12.3 Å². The molecule has 150 valence electrons. The molecular formula is C18H33N3O4S. The van der Waals surface area contributed by atoms with Gasteiger partial charge in [0.05, 0.1) is 12.3 Å². The molecule has 0 saturated heterocycles. The van der Waals surface area contributed by atoms with Crippen molar-refractivity contribution >= 4 is 21.7 Å². The summed E-state index contributed by atoms with van der Waals surface area (Å²) >= 11 is 0. The quantitative estimate of drug-likeness (QED) is 0.491. The first-order chi connectivity index (χ1) is 12.4. The minimum Gasteiger partial charge on any atom is -0.360 e. The van der Waals surface area contributed by atoms with Crippen molar-refractivity contribution in [2.45, 2.75) is 72.1 Å². The molecule has 7 nitrogen and oxygen atoms in total. The normalized spacial score (nSPS) is 11.8. The molecule has 0 radical (unpaired) electrons. The number of amides is 1. The van der Waals surface area contributed by atoms with E-state index in [2.05, 4.69) is 17.4 Å². The zero-order valence-corrected chi connectivity index (χ0v) is 17.1. The molecule has 0 spiro atoms. The predicted octanol–water partition coefficient (Wildman–Crippen LogP) is 3.71. The number of aryl methyl sites for hydroxylation is 1. The summed E-state index contributed by atoms with van der Waals surface area (Å²) in [4.78, 5) is 12.2. The minimum absolute atomic E-state index is 0.0964. The van der Waals surface area contributed by atoms with Crippen LogP contribution in [0.15, 0.2) is 10.6 Å². The lowest BCUT2D eigenvalue weighted by Gasteiger charge is -2.21. The minimum atomic E-state index is -3.44. The van der Waals surface area contributed by atoms with Gasteiger partial charge in [0, 0.05) is 12.6 Å². The molecule has 1 heterocycles. The molecule has 0 atom stereocenters. The van der Waals surface area contributed by atoms with Crippen LogP contribution in [0.25, 0.3) is 0 Å². The van der Waals surface area contributed by atoms with Gasteiger partial charge in [0.1, 0.15) is 5.76 Å². The summed E-state index contributed by atoms with van der Waals surface area (Å²) in [5, 5.41) is 6.28. The van der Waals surface area contributed by atoms with E-state index < -0.39 is 15.9 Å². The lowest BCUT2D eigenvalue weighted by molar-refractivity contribution is -0.116. The zero-order valence-electron chi connectivity index (χ0n) is 16.3. The fourth-order valence-corrected chi connectivity index (χ4v) is 4.16. The van der Waals surface area contributed by atoms with Crippen LogP contribution in [0.3, 0.4) is 0 Å². The second-order valence-corrected chi connectivity index (χ2v) is 8.73. The molecule has 0 aliphatic rings. The van der Waals surface area contributed by atoms with Gasteiger partial charge in [-0.1, -0.05) is 57.5 Å². The summed E-state index contributed by atoms with van der Waals surface area (Å²) in [5.74, 6) is 0.579. The van der Waals surface area contributed by atoms with Crippen LogP contribution in [-0.2, 0) is 14.8 Å². The molecule has 8 heteroatoms. The van der Waals surface area contributed by atoms with E-state index in [1.807, 2.05) is 6.92 Å². The molecule has 0 aliphatic heterocycles. The van der Waals surface area contributed by atoms with Crippen molar-refractivity contribution in [3.8, 4) is 0 Å². The van der Waals surface area contributed by atoms with Crippen molar-refractivity contribution in [3.63, 3.8) is 0 Å². The van der Waals surface area contributed by atoms with Crippen LogP contribution in [0, 0.1) is 6.92 Å². The molecule has 1 aromatic rings. The van der Waals surface area contributed by atoms with Crippen LogP contribution < -0.4 is 5.32 Å². The summed E-state index contributed by atoms with van der Waals surface area (Å²) in [5.41, 5.74) is 0. The van der Waals surface area contributed by atoms with E-state index in [1.165, 1.54) is 17.1 Å². The smallest absolute Gasteiger partial charge is 0.240 e. The van der Waals surface area contributed by atoms with Gasteiger partial charge in [0.25, 0.3) is 0 Å². The second kappa shape index (κ2) is 12.1. The van der Waals surface area contributed by atoms with E-state index in [0.29, 0.717) is 24.5 Å². The molecule has 0 bridgehead atoms. The van der Waals surface area contributed by atoms with Crippen LogP contribution in [0.5, 0.6) is 0 Å². The third kappa shape index (κ3) is 8.80. The number of nitrogens with zero attached hydrogens (tertiary/aromatic N) is 2. The first kappa shape index (κ1) is 22.6. The van der Waals surface area contributed by atoms with E-state index in [0.717, 1.165) is 32.1 Å². The lowest BCUT2D eigenvalue weighted by Crippen LogP contribution is -2.40. The summed E-state index contributed by atoms with van der Waals surface area (Å²) in [6.07, 6.45) is 7.71. The van der Waals surface area contributed by atoms with Crippen LogP contribution in [0.4, 0.5) is 5.82 Å². The second-order valence-electron chi connectivity index (χ2n) is 6.64. The largest absolute Gasteiger partial charge is 0.360 e. The van der Waals surface area contributed by atoms with Gasteiger partial charge in [-0.05, 0) is 19.8 Å². The molecule has 0 saturated carbocycles. The molecule has 1 aromatic heterocycles. The van der Waals surface area contributed by atoms with Crippen molar-refractivity contribution in [1.29, 1.82) is 0 Å². The molecule has 1 rings (SSSR count). The highest BCUT2D eigenvalue weighted by atomic mass is 32.2. The average Bonchev–Trinajstić information content (AvgIpc) is 2.99. The van der Waals surface area contributed by atoms with E-state index in [1.54, 1.807) is 13.0 Å². The molecule has 0 aliphatic carbocycles. The third-order valence-electron chi connectivity index (χ3n) is 4.13. The Bertz CT molecular complexity index is 628. The van der Waals surface area contributed by atoms with Crippen LogP contribution >= 0.6 is 0 Å². The maximum absolute atomic E-state index is 12.6. The van der Waals surface area contributed by atoms with Crippen LogP contribution in [0.2, 0.25) is 0 Å². The van der Waals surface area contributed by atoms with Crippen molar-refractivity contribution in [2.24, 2.45) is 0 Å². The SMILES string of the molecule is CCCCCCCCS(=O)(=O)N(CCCC)CC(=O)Nc1cc(C)on1. The van der Waals surface area contributed by atoms with E-state index in [4.69, 9.17) is 4.52 Å². The van der Waals surface area contributed by atoms with E-state index >= 15 is 0 Å². The van der Waals surface area contributed by atoms with Gasteiger partial charge in [0.15, 0.2) is 5.82 Å². The number of sulfonamides is 1. The topological polar surface area (TPSA) is 92.5 Å². The number of nitrogens with one attached hydrogen (secondary N) is 1. The Morgan fingerprint density at radius 2 is 1.77 bits per heavy atom. The maximum atomic E-state index is 12.6. The van der Waals surface area contributed by atoms with Gasteiger partial charge in [-0.15, -0.1) is 0 Å². The molecule has 0 fully saturated rings. The van der Waals surface area contributed by atoms with Crippen molar-refractivity contribution in [1.82, 2.24) is 9.46 Å². The van der Waals surface area contributed by atoms with Crippen molar-refractivity contribution < 1.29 is 17.7 Å². The fraction of sp³-hybridized carbons (Fsp3) is 0.778. The van der Waals surface area contributed by atoms with Crippen molar-refractivity contribution in [3.05, 3.63) is 11.8 Å². The standard InChI is InChI=1S/C18H33N3O4S/c1-4-6-8-9-10-11-13-26(23,24)21(12-7-5-2)15-18(22)19-17-14-16(3)25-20-17/h14H,4-13,15H2,1-3H3,(H,19,20,22). The molecule has 0 unspecified atom stereocenters. The molecule has 26 heavy (non-hydrogen) atoms. The van der Waals surface area contributed by atoms with Gasteiger partial charge in [-0.2, -0.15) is 4.31 Å². The number of carbonyl (C=O) groups is 1. The van der Waals surface area contributed by atoms with Gasteiger partial charge in [-0.25, -0.2) is 8.42 Å². The number of aromatic nitrogens is 1. The number of rotatable bonds is 14. The van der Waals surface area contributed by atoms with Gasteiger partial charge >= 0.3 is 0 Å². The van der Waals surface area contributed by atoms with Gasteiger partial charge < -0.3 is 9.84 Å². The molecule has 0 aromatic carbocycles. The van der Waals surface area contributed by atoms with Crippen molar-refractivity contribution in [2.75, 3.05) is 24.2 Å². The highest BCUT2D eigenvalue weighted by molar-refractivity contribution is 7.89. The molecule has 1 N–H and O–H groups in total. The lowest BCUT2D eigenvalue weighted by atomic mass is 10.1. The Kier molecular flexibility index (Phi) is 10.5. The summed E-state index contributed by atoms with van der Waals surface area (Å²) < 4.78 is 31.5. The predicted molar refractivity (Wildman–Crippen MR) is 104 cm³/mol. The highest BCUT2D eigenvalue weighted by Crippen LogP contribution is 2.12. The maximum Gasteiger partial charge on any atom is 0.240 e. The van der Waals surface area contributed by atoms with Gasteiger partial charge in [-0.3, -0.25) is 4.79 Å². The highest BCUT2D eigenvalue weighted by Gasteiger charge is 2.24. The number of hydrogen-bond donors (Lipinski definition) is 1. The first-order valence-electron chi connectivity index (χ1n) is 9.60. The van der Waals surface area contributed by atoms with Crippen LogP contribution in [0.1, 0.15) is 71.0 Å². The molecular weight excluding hydrogens is 354 g/mol. The van der Waals surface area contributed by atoms with E-state index in [9.17, 15) is 13.2 Å². The summed E-state index contributed by atoms with van der Waals surface area (Å²) in [6, 6.07) is 1.60. The zero-order chi connectivity index (χ0) is 19.4. The third-order valence-corrected chi connectivity index (χ3v) is 6.03. The Labute approximate surface area is 157 Å². The monoisotopic (exact) mass is 387 g/mol. The summed E-state index contributed by atoms with van der Waals surface area (Å²) in [6.45, 7) is 6.05. The van der Waals surface area contributed by atoms with Crippen LogP contribution in [-0.4, -0.2) is 42.6 Å². The van der Waals surface area contributed by atoms with Gasteiger partial charge in [0.2, 0.25) is 15.9 Å². The Hall–Kier alpha value is -1.41. The summed E-state index contributed by atoms with van der Waals surface area (Å²) in [7, 11) is -3.44. The number of unbranched alkanes of at least 4 members (excludes halogenated alkanes) is 6. The fourth-order valence-electron chi connectivity index (χ4n) is 2.61. The average molecular weight is 388 g/mol. The Morgan fingerprint density at radius 1 is 1.12 bits per heavy atom. The Morgan fingerprint density at radius 3 is 2.38 bits per heavy atom. The number of anilines is 1.